The third-order valence-corrected chi connectivity index (χ3v) is 6.45. The molecular formula is C17H19N5. The maximum atomic E-state index is 4.67. The Labute approximate surface area is 128 Å². The summed E-state index contributed by atoms with van der Waals surface area (Å²) in [6.07, 6.45) is 12.1. The second-order valence-electron chi connectivity index (χ2n) is 7.88. The maximum Gasteiger partial charge on any atom is 0.179 e. The van der Waals surface area contributed by atoms with E-state index in [-0.39, 0.29) is 5.41 Å². The van der Waals surface area contributed by atoms with Crippen molar-refractivity contribution in [2.45, 2.75) is 43.9 Å². The lowest BCUT2D eigenvalue weighted by Gasteiger charge is -2.55. The number of fused-ring (bicyclic) bond motifs is 3. The summed E-state index contributed by atoms with van der Waals surface area (Å²) < 4.78 is 2.27. The van der Waals surface area contributed by atoms with Gasteiger partial charge in [-0.15, -0.1) is 10.2 Å². The average molecular weight is 293 g/mol. The van der Waals surface area contributed by atoms with Gasteiger partial charge in [0, 0.05) is 11.6 Å². The molecule has 0 amide bonds. The van der Waals surface area contributed by atoms with Gasteiger partial charge in [0.2, 0.25) is 0 Å². The van der Waals surface area contributed by atoms with Crippen molar-refractivity contribution in [1.82, 2.24) is 24.6 Å². The summed E-state index contributed by atoms with van der Waals surface area (Å²) in [6.45, 7) is 0. The Kier molecular flexibility index (Phi) is 1.96. The van der Waals surface area contributed by atoms with Crippen LogP contribution < -0.4 is 0 Å². The summed E-state index contributed by atoms with van der Waals surface area (Å²) in [5.74, 6) is 3.96. The molecule has 3 aromatic rings. The van der Waals surface area contributed by atoms with Crippen LogP contribution in [0.5, 0.6) is 0 Å². The van der Waals surface area contributed by atoms with E-state index in [4.69, 9.17) is 0 Å². The van der Waals surface area contributed by atoms with Crippen LogP contribution in [0.3, 0.4) is 0 Å². The highest BCUT2D eigenvalue weighted by Gasteiger charge is 2.53. The first-order valence-electron chi connectivity index (χ1n) is 8.48. The highest BCUT2D eigenvalue weighted by atomic mass is 15.3. The Morgan fingerprint density at radius 2 is 1.77 bits per heavy atom. The molecule has 0 unspecified atom stereocenters. The minimum Gasteiger partial charge on any atom is -0.345 e. The topological polar surface area (TPSA) is 58.9 Å². The monoisotopic (exact) mass is 293 g/mol. The van der Waals surface area contributed by atoms with Gasteiger partial charge in [-0.05, 0) is 62.3 Å². The highest BCUT2D eigenvalue weighted by molar-refractivity contribution is 5.74. The summed E-state index contributed by atoms with van der Waals surface area (Å²) in [5.41, 5.74) is 3.20. The maximum absolute atomic E-state index is 4.67. The van der Waals surface area contributed by atoms with Gasteiger partial charge in [-0.1, -0.05) is 0 Å². The number of nitrogens with one attached hydrogen (secondary N) is 1. The number of rotatable bonds is 1. The Morgan fingerprint density at radius 3 is 2.50 bits per heavy atom. The molecule has 4 fully saturated rings. The lowest BCUT2D eigenvalue weighted by molar-refractivity contribution is -0.00969. The summed E-state index contributed by atoms with van der Waals surface area (Å²) >= 11 is 0. The van der Waals surface area contributed by atoms with Crippen molar-refractivity contribution >= 4 is 16.8 Å². The summed E-state index contributed by atoms with van der Waals surface area (Å²) in [4.78, 5) is 7.67. The predicted molar refractivity (Wildman–Crippen MR) is 82.5 cm³/mol. The summed E-state index contributed by atoms with van der Waals surface area (Å²) in [5, 5.41) is 9.12. The quantitative estimate of drug-likeness (QED) is 0.750. The SMILES string of the molecule is c1cc2c(ncc3nnc(C45CC6CC(CC(C6)C4)C5)n32)[nH]1. The van der Waals surface area contributed by atoms with E-state index < -0.39 is 0 Å². The van der Waals surface area contributed by atoms with Gasteiger partial charge in [-0.2, -0.15) is 0 Å². The molecule has 4 saturated carbocycles. The number of hydrogen-bond donors (Lipinski definition) is 1. The molecule has 3 heterocycles. The van der Waals surface area contributed by atoms with E-state index in [2.05, 4.69) is 30.6 Å². The van der Waals surface area contributed by atoms with Crippen LogP contribution in [-0.4, -0.2) is 24.6 Å². The molecule has 0 aromatic carbocycles. The predicted octanol–water partition coefficient (Wildman–Crippen LogP) is 3.07. The van der Waals surface area contributed by atoms with Gasteiger partial charge in [0.05, 0.1) is 11.7 Å². The number of H-pyrrole nitrogens is 1. The first-order valence-corrected chi connectivity index (χ1v) is 8.48. The summed E-state index contributed by atoms with van der Waals surface area (Å²) in [7, 11) is 0. The summed E-state index contributed by atoms with van der Waals surface area (Å²) in [6, 6.07) is 2.10. The van der Waals surface area contributed by atoms with Crippen molar-refractivity contribution in [3.63, 3.8) is 0 Å². The molecule has 0 saturated heterocycles. The molecule has 5 nitrogen and oxygen atoms in total. The van der Waals surface area contributed by atoms with E-state index in [0.29, 0.717) is 0 Å². The number of aromatic amines is 1. The second kappa shape index (κ2) is 3.70. The largest absolute Gasteiger partial charge is 0.345 e. The smallest absolute Gasteiger partial charge is 0.179 e. The van der Waals surface area contributed by atoms with E-state index in [1.165, 1.54) is 44.3 Å². The van der Waals surface area contributed by atoms with E-state index in [1.807, 2.05) is 12.4 Å². The van der Waals surface area contributed by atoms with E-state index >= 15 is 0 Å². The van der Waals surface area contributed by atoms with Crippen molar-refractivity contribution < 1.29 is 0 Å². The van der Waals surface area contributed by atoms with Crippen LogP contribution in [0.15, 0.2) is 18.5 Å². The molecule has 0 radical (unpaired) electrons. The molecule has 4 bridgehead atoms. The van der Waals surface area contributed by atoms with Crippen LogP contribution in [0.2, 0.25) is 0 Å². The van der Waals surface area contributed by atoms with Crippen molar-refractivity contribution in [3.8, 4) is 0 Å². The van der Waals surface area contributed by atoms with Gasteiger partial charge < -0.3 is 4.98 Å². The van der Waals surface area contributed by atoms with E-state index in [9.17, 15) is 0 Å². The normalized spacial score (nSPS) is 36.6. The molecule has 7 rings (SSSR count). The second-order valence-corrected chi connectivity index (χ2v) is 7.88. The zero-order valence-electron chi connectivity index (χ0n) is 12.5. The van der Waals surface area contributed by atoms with Crippen LogP contribution in [0, 0.1) is 17.8 Å². The van der Waals surface area contributed by atoms with Crippen LogP contribution in [-0.2, 0) is 5.41 Å². The zero-order valence-corrected chi connectivity index (χ0v) is 12.5. The first-order chi connectivity index (χ1) is 10.8. The molecule has 4 aliphatic rings. The molecule has 22 heavy (non-hydrogen) atoms. The van der Waals surface area contributed by atoms with E-state index in [1.54, 1.807) is 0 Å². The minimum absolute atomic E-state index is 0.264. The van der Waals surface area contributed by atoms with Crippen LogP contribution in [0.1, 0.15) is 44.3 Å². The third-order valence-electron chi connectivity index (χ3n) is 6.45. The fourth-order valence-corrected chi connectivity index (χ4v) is 6.10. The van der Waals surface area contributed by atoms with Crippen LogP contribution >= 0.6 is 0 Å². The Balaban J connectivity index is 1.63. The molecule has 3 aromatic heterocycles. The standard InChI is InChI=1S/C17H19N5/c1-2-18-15-13(1)22-14(9-19-15)20-21-16(22)17-6-10-3-11(7-17)5-12(4-10)8-17/h1-2,9-12,18H,3-8H2. The number of nitrogens with zero attached hydrogens (tertiary/aromatic N) is 4. The Bertz CT molecular complexity index is 854. The van der Waals surface area contributed by atoms with Crippen molar-refractivity contribution in [3.05, 3.63) is 24.3 Å². The van der Waals surface area contributed by atoms with Gasteiger partial charge in [0.25, 0.3) is 0 Å². The highest BCUT2D eigenvalue weighted by Crippen LogP contribution is 2.60. The zero-order chi connectivity index (χ0) is 14.3. The Hall–Kier alpha value is -1.91. The molecule has 112 valence electrons. The number of hydrogen-bond acceptors (Lipinski definition) is 3. The molecule has 1 N–H and O–H groups in total. The van der Waals surface area contributed by atoms with Crippen LogP contribution in [0.25, 0.3) is 16.8 Å². The van der Waals surface area contributed by atoms with Gasteiger partial charge >= 0.3 is 0 Å². The molecule has 5 heteroatoms. The van der Waals surface area contributed by atoms with Gasteiger partial charge in [-0.25, -0.2) is 4.98 Å². The molecule has 0 spiro atoms. The lowest BCUT2D eigenvalue weighted by atomic mass is 9.49. The number of aromatic nitrogens is 5. The lowest BCUT2D eigenvalue weighted by Crippen LogP contribution is -2.49. The molecule has 0 atom stereocenters. The van der Waals surface area contributed by atoms with Gasteiger partial charge in [0.15, 0.2) is 11.3 Å². The van der Waals surface area contributed by atoms with Crippen molar-refractivity contribution in [2.75, 3.05) is 0 Å². The van der Waals surface area contributed by atoms with Crippen LogP contribution in [0.4, 0.5) is 0 Å². The van der Waals surface area contributed by atoms with E-state index in [0.717, 1.165) is 34.6 Å². The minimum atomic E-state index is 0.264. The van der Waals surface area contributed by atoms with Crippen molar-refractivity contribution in [1.29, 1.82) is 0 Å². The molecule has 4 aliphatic carbocycles. The molecular weight excluding hydrogens is 274 g/mol. The Morgan fingerprint density at radius 1 is 1.05 bits per heavy atom. The fourth-order valence-electron chi connectivity index (χ4n) is 6.10. The average Bonchev–Trinajstić information content (AvgIpc) is 3.12. The first kappa shape index (κ1) is 11.6. The molecule has 0 aliphatic heterocycles. The van der Waals surface area contributed by atoms with Gasteiger partial charge in [0.1, 0.15) is 5.82 Å². The van der Waals surface area contributed by atoms with Crippen molar-refractivity contribution in [2.24, 2.45) is 17.8 Å². The van der Waals surface area contributed by atoms with Gasteiger partial charge in [-0.3, -0.25) is 4.40 Å². The third kappa shape index (κ3) is 1.33. The fraction of sp³-hybridized carbons (Fsp3) is 0.588.